The van der Waals surface area contributed by atoms with Crippen molar-refractivity contribution < 1.29 is 19.0 Å². The van der Waals surface area contributed by atoms with E-state index >= 15 is 0 Å². The molecule has 114 valence electrons. The molecule has 0 saturated heterocycles. The zero-order valence-corrected chi connectivity index (χ0v) is 12.3. The molecule has 0 fully saturated rings. The molecule has 1 heterocycles. The van der Waals surface area contributed by atoms with E-state index in [0.29, 0.717) is 48.3 Å². The molecule has 2 aromatic carbocycles. The van der Waals surface area contributed by atoms with Crippen molar-refractivity contribution in [3.63, 3.8) is 0 Å². The number of rotatable bonds is 4. The molecule has 0 bridgehead atoms. The van der Waals surface area contributed by atoms with Crippen molar-refractivity contribution in [3.8, 4) is 17.2 Å². The van der Waals surface area contributed by atoms with Crippen molar-refractivity contribution in [2.24, 2.45) is 0 Å². The highest BCUT2D eigenvalue weighted by atomic mass is 16.6. The molecule has 0 aliphatic carbocycles. The number of carbonyl (C=O) groups excluding carboxylic acids is 1. The molecule has 1 amide bonds. The van der Waals surface area contributed by atoms with Crippen LogP contribution in [0.25, 0.3) is 0 Å². The first-order valence-electron chi connectivity index (χ1n) is 7.21. The molecule has 0 aromatic heterocycles. The summed E-state index contributed by atoms with van der Waals surface area (Å²) in [5.74, 6) is 1.46. The number of fused-ring (bicyclic) bond motifs is 1. The van der Waals surface area contributed by atoms with Crippen LogP contribution in [0.3, 0.4) is 0 Å². The lowest BCUT2D eigenvalue weighted by Gasteiger charge is -2.20. The van der Waals surface area contributed by atoms with Gasteiger partial charge in [-0.25, -0.2) is 0 Å². The Kier molecular flexibility index (Phi) is 4.14. The van der Waals surface area contributed by atoms with E-state index in [2.05, 4.69) is 5.32 Å². The molecular formula is C17H17NO4. The van der Waals surface area contributed by atoms with Gasteiger partial charge in [0.15, 0.2) is 11.5 Å². The largest absolute Gasteiger partial charge is 0.492 e. The Labute approximate surface area is 128 Å². The number of carbonyl (C=O) groups is 1. The van der Waals surface area contributed by atoms with E-state index in [9.17, 15) is 4.79 Å². The summed E-state index contributed by atoms with van der Waals surface area (Å²) < 4.78 is 16.6. The second-order valence-electron chi connectivity index (χ2n) is 4.71. The monoisotopic (exact) mass is 299 g/mol. The smallest absolute Gasteiger partial charge is 0.259 e. The summed E-state index contributed by atoms with van der Waals surface area (Å²) in [4.78, 5) is 12.5. The summed E-state index contributed by atoms with van der Waals surface area (Å²) in [5, 5.41) is 2.86. The van der Waals surface area contributed by atoms with E-state index in [-0.39, 0.29) is 5.91 Å². The van der Waals surface area contributed by atoms with Crippen LogP contribution in [0.5, 0.6) is 17.2 Å². The van der Waals surface area contributed by atoms with Gasteiger partial charge >= 0.3 is 0 Å². The molecule has 5 nitrogen and oxygen atoms in total. The van der Waals surface area contributed by atoms with E-state index in [1.54, 1.807) is 24.3 Å². The standard InChI is InChI=1S/C17H17NO4/c1-2-20-14-8-4-3-7-13(14)18-17(19)12-6-5-9-15-16(12)22-11-10-21-15/h3-9H,2,10-11H2,1H3,(H,18,19). The summed E-state index contributed by atoms with van der Waals surface area (Å²) in [6.07, 6.45) is 0. The van der Waals surface area contributed by atoms with Gasteiger partial charge in [0.2, 0.25) is 0 Å². The maximum atomic E-state index is 12.5. The van der Waals surface area contributed by atoms with Crippen LogP contribution in [-0.2, 0) is 0 Å². The third-order valence-electron chi connectivity index (χ3n) is 3.25. The fraction of sp³-hybridized carbons (Fsp3) is 0.235. The van der Waals surface area contributed by atoms with Gasteiger partial charge in [-0.15, -0.1) is 0 Å². The summed E-state index contributed by atoms with van der Waals surface area (Å²) >= 11 is 0. The van der Waals surface area contributed by atoms with Crippen LogP contribution >= 0.6 is 0 Å². The van der Waals surface area contributed by atoms with Crippen molar-refractivity contribution in [1.29, 1.82) is 0 Å². The molecule has 3 rings (SSSR count). The van der Waals surface area contributed by atoms with Gasteiger partial charge in [0, 0.05) is 0 Å². The van der Waals surface area contributed by atoms with Crippen LogP contribution in [-0.4, -0.2) is 25.7 Å². The number of hydrogen-bond acceptors (Lipinski definition) is 4. The Morgan fingerprint density at radius 1 is 1.14 bits per heavy atom. The molecule has 0 spiro atoms. The second-order valence-corrected chi connectivity index (χ2v) is 4.71. The topological polar surface area (TPSA) is 56.8 Å². The van der Waals surface area contributed by atoms with E-state index in [1.165, 1.54) is 0 Å². The van der Waals surface area contributed by atoms with E-state index < -0.39 is 0 Å². The molecule has 1 aliphatic heterocycles. The minimum Gasteiger partial charge on any atom is -0.492 e. The Hall–Kier alpha value is -2.69. The summed E-state index contributed by atoms with van der Waals surface area (Å²) in [6.45, 7) is 3.36. The van der Waals surface area contributed by atoms with Gasteiger partial charge in [0.25, 0.3) is 5.91 Å². The summed E-state index contributed by atoms with van der Waals surface area (Å²) in [5.41, 5.74) is 1.08. The Balaban J connectivity index is 1.87. The maximum absolute atomic E-state index is 12.5. The van der Waals surface area contributed by atoms with E-state index in [4.69, 9.17) is 14.2 Å². The lowest BCUT2D eigenvalue weighted by molar-refractivity contribution is 0.101. The van der Waals surface area contributed by atoms with Crippen LogP contribution in [0.1, 0.15) is 17.3 Å². The van der Waals surface area contributed by atoms with Gasteiger partial charge in [-0.3, -0.25) is 4.79 Å². The molecule has 2 aromatic rings. The van der Waals surface area contributed by atoms with Gasteiger partial charge in [0.05, 0.1) is 17.9 Å². The second kappa shape index (κ2) is 6.39. The molecular weight excluding hydrogens is 282 g/mol. The number of benzene rings is 2. The van der Waals surface area contributed by atoms with Crippen molar-refractivity contribution in [3.05, 3.63) is 48.0 Å². The first-order valence-corrected chi connectivity index (χ1v) is 7.21. The number of para-hydroxylation sites is 3. The lowest BCUT2D eigenvalue weighted by Crippen LogP contribution is -2.20. The third kappa shape index (κ3) is 2.83. The quantitative estimate of drug-likeness (QED) is 0.942. The average molecular weight is 299 g/mol. The predicted octanol–water partition coefficient (Wildman–Crippen LogP) is 3.11. The first-order chi connectivity index (χ1) is 10.8. The molecule has 1 aliphatic rings. The van der Waals surface area contributed by atoms with Crippen LogP contribution < -0.4 is 19.5 Å². The normalized spacial score (nSPS) is 12.6. The molecule has 0 radical (unpaired) electrons. The molecule has 0 unspecified atom stereocenters. The number of anilines is 1. The number of ether oxygens (including phenoxy) is 3. The zero-order valence-electron chi connectivity index (χ0n) is 12.3. The van der Waals surface area contributed by atoms with Gasteiger partial charge in [-0.1, -0.05) is 18.2 Å². The molecule has 0 atom stereocenters. The summed E-state index contributed by atoms with van der Waals surface area (Å²) in [7, 11) is 0. The summed E-state index contributed by atoms with van der Waals surface area (Å²) in [6, 6.07) is 12.6. The van der Waals surface area contributed by atoms with Crippen molar-refractivity contribution >= 4 is 11.6 Å². The van der Waals surface area contributed by atoms with E-state index in [0.717, 1.165) is 0 Å². The van der Waals surface area contributed by atoms with Crippen LogP contribution in [0.4, 0.5) is 5.69 Å². The van der Waals surface area contributed by atoms with Crippen molar-refractivity contribution in [2.75, 3.05) is 25.1 Å². The third-order valence-corrected chi connectivity index (χ3v) is 3.25. The van der Waals surface area contributed by atoms with Crippen LogP contribution in [0.2, 0.25) is 0 Å². The number of amides is 1. The van der Waals surface area contributed by atoms with Crippen LogP contribution in [0, 0.1) is 0 Å². The maximum Gasteiger partial charge on any atom is 0.259 e. The van der Waals surface area contributed by atoms with Crippen molar-refractivity contribution in [2.45, 2.75) is 6.92 Å². The minimum absolute atomic E-state index is 0.255. The Morgan fingerprint density at radius 3 is 2.82 bits per heavy atom. The number of nitrogens with one attached hydrogen (secondary N) is 1. The van der Waals surface area contributed by atoms with Gasteiger partial charge in [0.1, 0.15) is 19.0 Å². The van der Waals surface area contributed by atoms with Gasteiger partial charge < -0.3 is 19.5 Å². The highest BCUT2D eigenvalue weighted by molar-refractivity contribution is 6.07. The predicted molar refractivity (Wildman–Crippen MR) is 83.0 cm³/mol. The van der Waals surface area contributed by atoms with Crippen molar-refractivity contribution in [1.82, 2.24) is 0 Å². The molecule has 1 N–H and O–H groups in total. The molecule has 5 heteroatoms. The average Bonchev–Trinajstić information content (AvgIpc) is 2.56. The fourth-order valence-electron chi connectivity index (χ4n) is 2.29. The van der Waals surface area contributed by atoms with Gasteiger partial charge in [-0.2, -0.15) is 0 Å². The Morgan fingerprint density at radius 2 is 1.95 bits per heavy atom. The minimum atomic E-state index is -0.255. The molecule has 22 heavy (non-hydrogen) atoms. The fourth-order valence-corrected chi connectivity index (χ4v) is 2.29. The lowest BCUT2D eigenvalue weighted by atomic mass is 10.1. The highest BCUT2D eigenvalue weighted by Gasteiger charge is 2.21. The van der Waals surface area contributed by atoms with Crippen LogP contribution in [0.15, 0.2) is 42.5 Å². The number of hydrogen-bond donors (Lipinski definition) is 1. The first kappa shape index (κ1) is 14.3. The van der Waals surface area contributed by atoms with Gasteiger partial charge in [-0.05, 0) is 31.2 Å². The SMILES string of the molecule is CCOc1ccccc1NC(=O)c1cccc2c1OCCO2. The zero-order chi connectivity index (χ0) is 15.4. The Bertz CT molecular complexity index is 684. The molecule has 0 saturated carbocycles. The van der Waals surface area contributed by atoms with E-state index in [1.807, 2.05) is 25.1 Å². The highest BCUT2D eigenvalue weighted by Crippen LogP contribution is 2.34.